The molecule has 0 atom stereocenters. The van der Waals surface area contributed by atoms with Gasteiger partial charge in [-0.15, -0.1) is 0 Å². The van der Waals surface area contributed by atoms with Crippen LogP contribution in [0.2, 0.25) is 0 Å². The van der Waals surface area contributed by atoms with Crippen molar-refractivity contribution in [2.45, 2.75) is 9.79 Å². The van der Waals surface area contributed by atoms with Crippen molar-refractivity contribution >= 4 is 20.2 Å². The van der Waals surface area contributed by atoms with Gasteiger partial charge < -0.3 is 17.1 Å². The molecule has 0 bridgehead atoms. The Morgan fingerprint density at radius 3 is 1.22 bits per heavy atom. The molecule has 0 spiro atoms. The predicted octanol–water partition coefficient (Wildman–Crippen LogP) is -4.12. The second kappa shape index (κ2) is 6.16. The van der Waals surface area contributed by atoms with E-state index in [9.17, 15) is 16.8 Å². The minimum atomic E-state index is -4.80. The summed E-state index contributed by atoms with van der Waals surface area (Å²) in [7, 11) is -9.61. The smallest absolute Gasteiger partial charge is 1.00 e. The van der Waals surface area contributed by atoms with Crippen molar-refractivity contribution in [3.05, 3.63) is 12.1 Å². The number of phenolic OH excluding ortho intramolecular Hbond substituents is 2. The van der Waals surface area contributed by atoms with Crippen LogP contribution in [0.5, 0.6) is 11.5 Å². The molecule has 0 radical (unpaired) electrons. The van der Waals surface area contributed by atoms with E-state index in [0.717, 1.165) is 0 Å². The average molecular weight is 312 g/mol. The predicted molar refractivity (Wildman–Crippen MR) is 54.1 cm³/mol. The van der Waals surface area contributed by atoms with Crippen LogP contribution in [-0.4, -0.2) is 41.6 Å². The van der Waals surface area contributed by atoms with Crippen molar-refractivity contribution in [3.63, 3.8) is 0 Å². The fourth-order valence-corrected chi connectivity index (χ4v) is 2.12. The molecule has 18 heavy (non-hydrogen) atoms. The maximum atomic E-state index is 10.6. The molecule has 0 fully saturated rings. The number of benzene rings is 1. The van der Waals surface area contributed by atoms with E-state index >= 15 is 0 Å². The van der Waals surface area contributed by atoms with Crippen molar-refractivity contribution in [2.24, 2.45) is 0 Å². The summed E-state index contributed by atoms with van der Waals surface area (Å²) in [6.07, 6.45) is 0. The SMILES string of the molecule is O.O=S(=O)(O)c1cc(O)c(S(=O)(=O)O)cc1O.[H-].[Na+]. The summed E-state index contributed by atoms with van der Waals surface area (Å²) in [5.74, 6) is -2.24. The van der Waals surface area contributed by atoms with Gasteiger partial charge in [0, 0.05) is 12.1 Å². The Morgan fingerprint density at radius 2 is 1.06 bits per heavy atom. The monoisotopic (exact) mass is 312 g/mol. The molecule has 0 aliphatic rings. The summed E-state index contributed by atoms with van der Waals surface area (Å²) in [6.45, 7) is 0. The molecule has 1 rings (SSSR count). The maximum Gasteiger partial charge on any atom is 1.00 e. The van der Waals surface area contributed by atoms with Crippen LogP contribution in [0.3, 0.4) is 0 Å². The van der Waals surface area contributed by atoms with Gasteiger partial charge in [0.15, 0.2) is 0 Å². The van der Waals surface area contributed by atoms with Crippen molar-refractivity contribution in [1.29, 1.82) is 0 Å². The zero-order valence-corrected chi connectivity index (χ0v) is 12.5. The number of aromatic hydroxyl groups is 2. The minimum Gasteiger partial charge on any atom is -1.00 e. The maximum absolute atomic E-state index is 10.6. The summed E-state index contributed by atoms with van der Waals surface area (Å²) >= 11 is 0. The first-order valence-corrected chi connectivity index (χ1v) is 6.42. The Labute approximate surface area is 126 Å². The molecule has 0 unspecified atom stereocenters. The molecule has 6 N–H and O–H groups in total. The van der Waals surface area contributed by atoms with E-state index < -0.39 is 41.5 Å². The Bertz CT molecular complexity index is 581. The van der Waals surface area contributed by atoms with E-state index in [2.05, 4.69) is 0 Å². The fourth-order valence-electron chi connectivity index (χ4n) is 0.952. The largest absolute Gasteiger partial charge is 1.00 e. The van der Waals surface area contributed by atoms with Gasteiger partial charge in [0.2, 0.25) is 0 Å². The van der Waals surface area contributed by atoms with Crippen molar-refractivity contribution in [1.82, 2.24) is 0 Å². The van der Waals surface area contributed by atoms with Crippen LogP contribution in [0.4, 0.5) is 0 Å². The van der Waals surface area contributed by atoms with Crippen LogP contribution >= 0.6 is 0 Å². The molecule has 1 aromatic carbocycles. The number of rotatable bonds is 2. The molecule has 100 valence electrons. The molecule has 0 saturated carbocycles. The average Bonchev–Trinajstić information content (AvgIpc) is 2.04. The van der Waals surface area contributed by atoms with E-state index in [4.69, 9.17) is 19.3 Å². The number of hydrogen-bond acceptors (Lipinski definition) is 6. The molecule has 0 heterocycles. The van der Waals surface area contributed by atoms with Crippen LogP contribution in [0.15, 0.2) is 21.9 Å². The van der Waals surface area contributed by atoms with E-state index in [1.165, 1.54) is 0 Å². The molecule has 0 saturated heterocycles. The van der Waals surface area contributed by atoms with Crippen LogP contribution in [0, 0.1) is 0 Å². The van der Waals surface area contributed by atoms with Gasteiger partial charge in [-0.25, -0.2) is 0 Å². The zero-order chi connectivity index (χ0) is 12.7. The number of phenols is 2. The van der Waals surface area contributed by atoms with Gasteiger partial charge in [0.25, 0.3) is 20.2 Å². The fraction of sp³-hybridized carbons (Fsp3) is 0. The third-order valence-electron chi connectivity index (χ3n) is 1.60. The van der Waals surface area contributed by atoms with Crippen molar-refractivity contribution < 1.29 is 72.6 Å². The summed E-state index contributed by atoms with van der Waals surface area (Å²) in [5.41, 5.74) is 0. The Kier molecular flexibility index (Phi) is 6.82. The van der Waals surface area contributed by atoms with Crippen LogP contribution in [-0.2, 0) is 20.2 Å². The quantitative estimate of drug-likeness (QED) is 0.241. The summed E-state index contributed by atoms with van der Waals surface area (Å²) in [4.78, 5) is -2.14. The second-order valence-electron chi connectivity index (χ2n) is 2.74. The van der Waals surface area contributed by atoms with Gasteiger partial charge in [0.05, 0.1) is 0 Å². The second-order valence-corrected chi connectivity index (χ2v) is 5.52. The molecule has 12 heteroatoms. The Morgan fingerprint density at radius 1 is 0.833 bits per heavy atom. The summed E-state index contributed by atoms with van der Waals surface area (Å²) < 4.78 is 59.7. The van der Waals surface area contributed by atoms with E-state index in [1.807, 2.05) is 0 Å². The first kappa shape index (κ1) is 19.9. The molecule has 0 aromatic heterocycles. The van der Waals surface area contributed by atoms with Crippen LogP contribution < -0.4 is 29.6 Å². The standard InChI is InChI=1S/C6H6O8S2.Na.H2O.H/c7-3-1-5(15(9,10)11)4(8)2-6(3)16(12,13)14;;;/h1-2,7-8H,(H,9,10,11)(H,12,13,14);;1H2;/q;+1;;-1. The van der Waals surface area contributed by atoms with Crippen molar-refractivity contribution in [2.75, 3.05) is 0 Å². The van der Waals surface area contributed by atoms with Crippen LogP contribution in [0.1, 0.15) is 1.43 Å². The third-order valence-corrected chi connectivity index (χ3v) is 3.36. The minimum absolute atomic E-state index is 0. The van der Waals surface area contributed by atoms with Gasteiger partial charge in [-0.2, -0.15) is 16.8 Å². The zero-order valence-electron chi connectivity index (χ0n) is 9.89. The number of hydrogen-bond donors (Lipinski definition) is 4. The molecular weight excluding hydrogens is 303 g/mol. The van der Waals surface area contributed by atoms with E-state index in [1.54, 1.807) is 0 Å². The van der Waals surface area contributed by atoms with E-state index in [-0.39, 0.29) is 36.5 Å². The topological polar surface area (TPSA) is 181 Å². The molecule has 1 aromatic rings. The molecular formula is C6H9NaO9S2. The van der Waals surface area contributed by atoms with Gasteiger partial charge in [-0.3, -0.25) is 9.11 Å². The Balaban J connectivity index is -0.000000853. The first-order valence-electron chi connectivity index (χ1n) is 3.54. The summed E-state index contributed by atoms with van der Waals surface area (Å²) in [6, 6.07) is 0.599. The van der Waals surface area contributed by atoms with Gasteiger partial charge in [-0.05, 0) is 0 Å². The van der Waals surface area contributed by atoms with Gasteiger partial charge in [-0.1, -0.05) is 0 Å². The van der Waals surface area contributed by atoms with Gasteiger partial charge >= 0.3 is 29.6 Å². The molecule has 9 nitrogen and oxygen atoms in total. The summed E-state index contributed by atoms with van der Waals surface area (Å²) in [5, 5.41) is 18.2. The first-order chi connectivity index (χ1) is 7.03. The third kappa shape index (κ3) is 4.37. The van der Waals surface area contributed by atoms with Crippen LogP contribution in [0.25, 0.3) is 0 Å². The molecule has 0 aliphatic heterocycles. The van der Waals surface area contributed by atoms with Gasteiger partial charge in [0.1, 0.15) is 21.3 Å². The normalized spacial score (nSPS) is 11.2. The molecule has 0 aliphatic carbocycles. The van der Waals surface area contributed by atoms with E-state index in [0.29, 0.717) is 12.1 Å². The van der Waals surface area contributed by atoms with Crippen molar-refractivity contribution in [3.8, 4) is 11.5 Å². The Hall–Kier alpha value is -0.400. The molecule has 0 amide bonds.